The highest BCUT2D eigenvalue weighted by Crippen LogP contribution is 2.18. The third-order valence-electron chi connectivity index (χ3n) is 2.57. The number of sulfonamides is 1. The molecule has 1 saturated carbocycles. The van der Waals surface area contributed by atoms with E-state index in [9.17, 15) is 8.42 Å². The molecule has 1 rings (SSSR count). The molecule has 1 aliphatic carbocycles. The van der Waals surface area contributed by atoms with E-state index in [0.717, 1.165) is 12.5 Å². The van der Waals surface area contributed by atoms with Gasteiger partial charge in [-0.3, -0.25) is 4.99 Å². The van der Waals surface area contributed by atoms with Crippen LogP contribution in [0.3, 0.4) is 0 Å². The van der Waals surface area contributed by atoms with E-state index in [4.69, 9.17) is 0 Å². The van der Waals surface area contributed by atoms with Crippen molar-refractivity contribution < 1.29 is 8.42 Å². The van der Waals surface area contributed by atoms with Crippen molar-refractivity contribution in [3.63, 3.8) is 0 Å². The highest BCUT2D eigenvalue weighted by Gasteiger charge is 2.21. The van der Waals surface area contributed by atoms with Gasteiger partial charge >= 0.3 is 0 Å². The van der Waals surface area contributed by atoms with Gasteiger partial charge in [-0.25, -0.2) is 13.1 Å². The minimum Gasteiger partial charge on any atom is -0.357 e. The minimum absolute atomic E-state index is 0.127. The number of hydrogen-bond donors (Lipinski definition) is 3. The fourth-order valence-corrected chi connectivity index (χ4v) is 2.00. The quantitative estimate of drug-likeness (QED) is 0.332. The molecule has 18 heavy (non-hydrogen) atoms. The summed E-state index contributed by atoms with van der Waals surface area (Å²) in [6.45, 7) is 5.56. The van der Waals surface area contributed by atoms with E-state index in [2.05, 4.69) is 20.3 Å². The number of guanidine groups is 1. The van der Waals surface area contributed by atoms with Crippen LogP contribution in [0.1, 0.15) is 33.1 Å². The van der Waals surface area contributed by atoms with E-state index in [1.54, 1.807) is 6.92 Å². The lowest BCUT2D eigenvalue weighted by molar-refractivity contribution is 0.581. The van der Waals surface area contributed by atoms with Gasteiger partial charge in [0, 0.05) is 25.7 Å². The van der Waals surface area contributed by atoms with E-state index in [0.29, 0.717) is 25.6 Å². The standard InChI is InChI=1S/C11H24N4O2S/c1-3-12-11(15-10-6-7-10)13-8-5-9-14-18(16,17)4-2/h10,14H,3-9H2,1-2H3,(H2,12,13,15). The Morgan fingerprint density at radius 3 is 2.61 bits per heavy atom. The molecule has 0 aromatic rings. The lowest BCUT2D eigenvalue weighted by Crippen LogP contribution is -2.38. The third-order valence-corrected chi connectivity index (χ3v) is 3.97. The molecule has 7 heteroatoms. The second-order valence-electron chi connectivity index (χ2n) is 4.33. The highest BCUT2D eigenvalue weighted by atomic mass is 32.2. The average molecular weight is 276 g/mol. The van der Waals surface area contributed by atoms with Gasteiger partial charge in [0.2, 0.25) is 10.0 Å². The van der Waals surface area contributed by atoms with Gasteiger partial charge in [-0.1, -0.05) is 0 Å². The fourth-order valence-electron chi connectivity index (χ4n) is 1.34. The summed E-state index contributed by atoms with van der Waals surface area (Å²) in [5, 5.41) is 6.48. The molecule has 6 nitrogen and oxygen atoms in total. The molecule has 0 aliphatic heterocycles. The van der Waals surface area contributed by atoms with Crippen LogP contribution in [0.4, 0.5) is 0 Å². The first kappa shape index (κ1) is 15.2. The number of nitrogens with one attached hydrogen (secondary N) is 3. The molecule has 0 heterocycles. The number of aliphatic imine (C=N–C) groups is 1. The van der Waals surface area contributed by atoms with Crippen LogP contribution in [-0.2, 0) is 10.0 Å². The lowest BCUT2D eigenvalue weighted by atomic mass is 10.4. The van der Waals surface area contributed by atoms with Crippen molar-refractivity contribution in [1.29, 1.82) is 0 Å². The zero-order valence-electron chi connectivity index (χ0n) is 11.2. The molecule has 0 radical (unpaired) electrons. The van der Waals surface area contributed by atoms with Crippen molar-refractivity contribution in [2.45, 2.75) is 39.2 Å². The number of nitrogens with zero attached hydrogens (tertiary/aromatic N) is 1. The number of rotatable bonds is 8. The Labute approximate surface area is 110 Å². The topological polar surface area (TPSA) is 82.6 Å². The van der Waals surface area contributed by atoms with E-state index < -0.39 is 10.0 Å². The van der Waals surface area contributed by atoms with Crippen molar-refractivity contribution in [2.75, 3.05) is 25.4 Å². The fraction of sp³-hybridized carbons (Fsp3) is 0.909. The third kappa shape index (κ3) is 6.80. The summed E-state index contributed by atoms with van der Waals surface area (Å²) in [4.78, 5) is 4.40. The second kappa shape index (κ2) is 7.58. The van der Waals surface area contributed by atoms with Crippen LogP contribution in [0.5, 0.6) is 0 Å². The van der Waals surface area contributed by atoms with Crippen molar-refractivity contribution in [3.05, 3.63) is 0 Å². The van der Waals surface area contributed by atoms with Crippen LogP contribution in [0.25, 0.3) is 0 Å². The predicted molar refractivity (Wildman–Crippen MR) is 74.2 cm³/mol. The molecule has 3 N–H and O–H groups in total. The molecule has 0 spiro atoms. The Hall–Kier alpha value is -0.820. The van der Waals surface area contributed by atoms with Gasteiger partial charge in [-0.2, -0.15) is 0 Å². The van der Waals surface area contributed by atoms with Crippen molar-refractivity contribution in [3.8, 4) is 0 Å². The summed E-state index contributed by atoms with van der Waals surface area (Å²) in [5.74, 6) is 0.959. The molecule has 0 atom stereocenters. The summed E-state index contributed by atoms with van der Waals surface area (Å²) < 4.78 is 24.9. The van der Waals surface area contributed by atoms with Crippen LogP contribution in [0.2, 0.25) is 0 Å². The maximum atomic E-state index is 11.2. The monoisotopic (exact) mass is 276 g/mol. The Morgan fingerprint density at radius 1 is 1.33 bits per heavy atom. The molecule has 0 unspecified atom stereocenters. The normalized spacial score (nSPS) is 16.7. The zero-order chi connectivity index (χ0) is 13.4. The van der Waals surface area contributed by atoms with Crippen molar-refractivity contribution in [2.24, 2.45) is 4.99 Å². The Balaban J connectivity index is 2.19. The van der Waals surface area contributed by atoms with Crippen LogP contribution >= 0.6 is 0 Å². The highest BCUT2D eigenvalue weighted by molar-refractivity contribution is 7.89. The molecular weight excluding hydrogens is 252 g/mol. The maximum Gasteiger partial charge on any atom is 0.211 e. The molecule has 0 aromatic carbocycles. The molecule has 0 bridgehead atoms. The molecular formula is C11H24N4O2S. The summed E-state index contributed by atoms with van der Waals surface area (Å²) in [6, 6.07) is 0.571. The summed E-state index contributed by atoms with van der Waals surface area (Å²) >= 11 is 0. The Bertz CT molecular complexity index is 363. The zero-order valence-corrected chi connectivity index (χ0v) is 12.0. The second-order valence-corrected chi connectivity index (χ2v) is 6.43. The van der Waals surface area contributed by atoms with Crippen LogP contribution in [0, 0.1) is 0 Å². The van der Waals surface area contributed by atoms with Gasteiger partial charge in [0.05, 0.1) is 5.75 Å². The first-order valence-corrected chi connectivity index (χ1v) is 8.24. The van der Waals surface area contributed by atoms with E-state index in [1.165, 1.54) is 12.8 Å². The SMILES string of the molecule is CCNC(=NCCCNS(=O)(=O)CC)NC1CC1. The number of hydrogen-bond acceptors (Lipinski definition) is 3. The van der Waals surface area contributed by atoms with Gasteiger partial charge in [0.25, 0.3) is 0 Å². The van der Waals surface area contributed by atoms with Crippen molar-refractivity contribution >= 4 is 16.0 Å². The van der Waals surface area contributed by atoms with E-state index in [1.807, 2.05) is 6.92 Å². The largest absolute Gasteiger partial charge is 0.357 e. The maximum absolute atomic E-state index is 11.2. The van der Waals surface area contributed by atoms with Gasteiger partial charge in [-0.15, -0.1) is 0 Å². The van der Waals surface area contributed by atoms with Crippen molar-refractivity contribution in [1.82, 2.24) is 15.4 Å². The van der Waals surface area contributed by atoms with E-state index in [-0.39, 0.29) is 5.75 Å². The summed E-state index contributed by atoms with van der Waals surface area (Å²) in [7, 11) is -3.07. The van der Waals surface area contributed by atoms with Gasteiger partial charge in [0.15, 0.2) is 5.96 Å². The van der Waals surface area contributed by atoms with Gasteiger partial charge < -0.3 is 10.6 Å². The van der Waals surface area contributed by atoms with Crippen LogP contribution < -0.4 is 15.4 Å². The Kier molecular flexibility index (Phi) is 6.42. The first-order valence-electron chi connectivity index (χ1n) is 6.59. The van der Waals surface area contributed by atoms with E-state index >= 15 is 0 Å². The van der Waals surface area contributed by atoms with Gasteiger partial charge in [0.1, 0.15) is 0 Å². The summed E-state index contributed by atoms with van der Waals surface area (Å²) in [6.07, 6.45) is 3.13. The molecule has 0 saturated heterocycles. The molecule has 106 valence electrons. The molecule has 0 amide bonds. The molecule has 0 aromatic heterocycles. The molecule has 1 fully saturated rings. The Morgan fingerprint density at radius 2 is 2.06 bits per heavy atom. The van der Waals surface area contributed by atoms with Crippen LogP contribution in [0.15, 0.2) is 4.99 Å². The lowest BCUT2D eigenvalue weighted by Gasteiger charge is -2.10. The van der Waals surface area contributed by atoms with Gasteiger partial charge in [-0.05, 0) is 33.1 Å². The molecule has 1 aliphatic rings. The first-order chi connectivity index (χ1) is 8.57. The van der Waals surface area contributed by atoms with Crippen LogP contribution in [-0.4, -0.2) is 45.8 Å². The predicted octanol–water partition coefficient (Wildman–Crippen LogP) is 0.0333. The minimum atomic E-state index is -3.07. The average Bonchev–Trinajstić information content (AvgIpc) is 3.12. The summed E-state index contributed by atoms with van der Waals surface area (Å²) in [5.41, 5.74) is 0. The smallest absolute Gasteiger partial charge is 0.211 e.